The van der Waals surface area contributed by atoms with E-state index in [0.717, 1.165) is 31.8 Å². The van der Waals surface area contributed by atoms with Crippen molar-refractivity contribution in [2.75, 3.05) is 19.7 Å². The predicted octanol–water partition coefficient (Wildman–Crippen LogP) is 1.60. The third kappa shape index (κ3) is 3.72. The van der Waals surface area contributed by atoms with E-state index in [1.165, 1.54) is 19.3 Å². The molecule has 0 aromatic heterocycles. The van der Waals surface area contributed by atoms with Crippen LogP contribution in [0.4, 0.5) is 0 Å². The largest absolute Gasteiger partial charge is 0.395 e. The van der Waals surface area contributed by atoms with Crippen molar-refractivity contribution in [3.05, 3.63) is 0 Å². The fourth-order valence-electron chi connectivity index (χ4n) is 2.78. The Morgan fingerprint density at radius 3 is 2.75 bits per heavy atom. The highest BCUT2D eigenvalue weighted by Crippen LogP contribution is 2.22. The summed E-state index contributed by atoms with van der Waals surface area (Å²) in [7, 11) is 0. The summed E-state index contributed by atoms with van der Waals surface area (Å²) < 4.78 is 0. The van der Waals surface area contributed by atoms with Gasteiger partial charge in [-0.25, -0.2) is 0 Å². The Labute approximate surface area is 100 Å². The summed E-state index contributed by atoms with van der Waals surface area (Å²) in [6, 6.07) is 0.305. The monoisotopic (exact) mass is 228 g/mol. The smallest absolute Gasteiger partial charge is 0.0601 e. The van der Waals surface area contributed by atoms with Gasteiger partial charge in [0.1, 0.15) is 0 Å². The first-order chi connectivity index (χ1) is 7.72. The molecule has 1 aliphatic rings. The van der Waals surface area contributed by atoms with Crippen LogP contribution < -0.4 is 5.73 Å². The zero-order chi connectivity index (χ0) is 12.0. The van der Waals surface area contributed by atoms with Crippen molar-refractivity contribution < 1.29 is 5.11 Å². The van der Waals surface area contributed by atoms with Crippen LogP contribution in [0, 0.1) is 5.92 Å². The third-order valence-corrected chi connectivity index (χ3v) is 3.90. The second-order valence-corrected chi connectivity index (χ2v) is 5.11. The lowest BCUT2D eigenvalue weighted by Crippen LogP contribution is -2.53. The Bertz CT molecular complexity index is 187. The number of aliphatic hydroxyl groups excluding tert-OH is 1. The Morgan fingerprint density at radius 2 is 2.19 bits per heavy atom. The summed E-state index contributed by atoms with van der Waals surface area (Å²) in [6.07, 6.45) is 5.96. The Hall–Kier alpha value is -0.120. The van der Waals surface area contributed by atoms with E-state index in [1.807, 2.05) is 0 Å². The van der Waals surface area contributed by atoms with Crippen LogP contribution in [0.5, 0.6) is 0 Å². The van der Waals surface area contributed by atoms with Gasteiger partial charge in [0.2, 0.25) is 0 Å². The lowest BCUT2D eigenvalue weighted by Gasteiger charge is -2.39. The van der Waals surface area contributed by atoms with Crippen molar-refractivity contribution in [2.45, 2.75) is 58.0 Å². The van der Waals surface area contributed by atoms with Crippen molar-refractivity contribution in [2.24, 2.45) is 11.7 Å². The molecular formula is C13H28N2O. The molecule has 0 spiro atoms. The van der Waals surface area contributed by atoms with Crippen LogP contribution in [-0.2, 0) is 0 Å². The number of rotatable bonds is 6. The van der Waals surface area contributed by atoms with E-state index in [2.05, 4.69) is 18.7 Å². The molecule has 0 amide bonds. The van der Waals surface area contributed by atoms with E-state index < -0.39 is 0 Å². The van der Waals surface area contributed by atoms with Crippen molar-refractivity contribution in [3.63, 3.8) is 0 Å². The maximum atomic E-state index is 9.51. The van der Waals surface area contributed by atoms with Gasteiger partial charge < -0.3 is 10.8 Å². The second-order valence-electron chi connectivity index (χ2n) is 5.11. The average molecular weight is 228 g/mol. The number of nitrogens with two attached hydrogens (primary N) is 1. The molecule has 3 nitrogen and oxygen atoms in total. The molecule has 3 atom stereocenters. The SMILES string of the molecule is CCCC(N)C(CO)N1CCCC(CC)C1. The molecule has 1 rings (SSSR count). The third-order valence-electron chi connectivity index (χ3n) is 3.90. The second kappa shape index (κ2) is 7.25. The number of piperidine rings is 1. The highest BCUT2D eigenvalue weighted by atomic mass is 16.3. The van der Waals surface area contributed by atoms with Gasteiger partial charge in [-0.05, 0) is 31.7 Å². The molecule has 1 fully saturated rings. The molecule has 0 saturated carbocycles. The minimum absolute atomic E-state index is 0.130. The van der Waals surface area contributed by atoms with Crippen LogP contribution in [-0.4, -0.2) is 41.8 Å². The van der Waals surface area contributed by atoms with Crippen LogP contribution in [0.25, 0.3) is 0 Å². The molecule has 1 saturated heterocycles. The maximum absolute atomic E-state index is 9.51. The zero-order valence-electron chi connectivity index (χ0n) is 10.9. The van der Waals surface area contributed by atoms with Gasteiger partial charge in [0.15, 0.2) is 0 Å². The van der Waals surface area contributed by atoms with Gasteiger partial charge in [-0.1, -0.05) is 26.7 Å². The maximum Gasteiger partial charge on any atom is 0.0601 e. The molecule has 0 aliphatic carbocycles. The molecule has 1 aliphatic heterocycles. The quantitative estimate of drug-likeness (QED) is 0.726. The van der Waals surface area contributed by atoms with Gasteiger partial charge in [-0.15, -0.1) is 0 Å². The van der Waals surface area contributed by atoms with E-state index in [-0.39, 0.29) is 18.7 Å². The van der Waals surface area contributed by atoms with Gasteiger partial charge in [0.05, 0.1) is 6.61 Å². The summed E-state index contributed by atoms with van der Waals surface area (Å²) >= 11 is 0. The molecule has 3 heteroatoms. The van der Waals surface area contributed by atoms with Crippen molar-refractivity contribution in [1.29, 1.82) is 0 Å². The number of likely N-dealkylation sites (tertiary alicyclic amines) is 1. The number of nitrogens with zero attached hydrogens (tertiary/aromatic N) is 1. The molecule has 96 valence electrons. The van der Waals surface area contributed by atoms with Gasteiger partial charge >= 0.3 is 0 Å². The predicted molar refractivity (Wildman–Crippen MR) is 68.3 cm³/mol. The van der Waals surface area contributed by atoms with Crippen LogP contribution in [0.15, 0.2) is 0 Å². The van der Waals surface area contributed by atoms with Gasteiger partial charge in [0, 0.05) is 18.6 Å². The highest BCUT2D eigenvalue weighted by Gasteiger charge is 2.28. The number of hydrogen-bond acceptors (Lipinski definition) is 3. The minimum atomic E-state index is 0.130. The van der Waals surface area contributed by atoms with E-state index >= 15 is 0 Å². The fourth-order valence-corrected chi connectivity index (χ4v) is 2.78. The lowest BCUT2D eigenvalue weighted by molar-refractivity contribution is 0.0625. The first-order valence-electron chi connectivity index (χ1n) is 6.83. The van der Waals surface area contributed by atoms with Crippen LogP contribution in [0.1, 0.15) is 46.0 Å². The molecular weight excluding hydrogens is 200 g/mol. The molecule has 3 N–H and O–H groups in total. The average Bonchev–Trinajstić information content (AvgIpc) is 2.31. The number of hydrogen-bond donors (Lipinski definition) is 2. The molecule has 0 aromatic carbocycles. The highest BCUT2D eigenvalue weighted by molar-refractivity contribution is 4.85. The molecule has 16 heavy (non-hydrogen) atoms. The summed E-state index contributed by atoms with van der Waals surface area (Å²) in [6.45, 7) is 6.85. The van der Waals surface area contributed by atoms with Crippen molar-refractivity contribution in [1.82, 2.24) is 4.90 Å². The first kappa shape index (κ1) is 13.9. The summed E-state index contributed by atoms with van der Waals surface area (Å²) in [5.41, 5.74) is 6.16. The topological polar surface area (TPSA) is 49.5 Å². The van der Waals surface area contributed by atoms with Gasteiger partial charge in [0.25, 0.3) is 0 Å². The van der Waals surface area contributed by atoms with E-state index in [0.29, 0.717) is 0 Å². The normalized spacial score (nSPS) is 26.6. The number of aliphatic hydroxyl groups is 1. The van der Waals surface area contributed by atoms with Gasteiger partial charge in [-0.2, -0.15) is 0 Å². The minimum Gasteiger partial charge on any atom is -0.395 e. The molecule has 0 bridgehead atoms. The Kier molecular flexibility index (Phi) is 6.32. The molecule has 1 heterocycles. The van der Waals surface area contributed by atoms with Crippen LogP contribution in [0.3, 0.4) is 0 Å². The van der Waals surface area contributed by atoms with Crippen molar-refractivity contribution in [3.8, 4) is 0 Å². The van der Waals surface area contributed by atoms with E-state index in [9.17, 15) is 5.11 Å². The molecule has 0 radical (unpaired) electrons. The van der Waals surface area contributed by atoms with E-state index in [1.54, 1.807) is 0 Å². The fraction of sp³-hybridized carbons (Fsp3) is 1.00. The Morgan fingerprint density at radius 1 is 1.44 bits per heavy atom. The summed E-state index contributed by atoms with van der Waals surface area (Å²) in [5.74, 6) is 0.802. The summed E-state index contributed by atoms with van der Waals surface area (Å²) in [4.78, 5) is 2.41. The molecule has 0 aromatic rings. The standard InChI is InChI=1S/C13H28N2O/c1-3-6-12(14)13(10-16)15-8-5-7-11(4-2)9-15/h11-13,16H,3-10,14H2,1-2H3. The Balaban J connectivity index is 2.50. The first-order valence-corrected chi connectivity index (χ1v) is 6.83. The zero-order valence-corrected chi connectivity index (χ0v) is 10.9. The van der Waals surface area contributed by atoms with Crippen LogP contribution in [0.2, 0.25) is 0 Å². The van der Waals surface area contributed by atoms with Crippen molar-refractivity contribution >= 4 is 0 Å². The van der Waals surface area contributed by atoms with Crippen LogP contribution >= 0.6 is 0 Å². The lowest BCUT2D eigenvalue weighted by atomic mass is 9.92. The van der Waals surface area contributed by atoms with E-state index in [4.69, 9.17) is 5.73 Å². The molecule has 3 unspecified atom stereocenters. The van der Waals surface area contributed by atoms with Gasteiger partial charge in [-0.3, -0.25) is 4.90 Å². The summed E-state index contributed by atoms with van der Waals surface area (Å²) in [5, 5.41) is 9.51.